The minimum atomic E-state index is -0.834. The van der Waals surface area contributed by atoms with E-state index in [0.717, 1.165) is 9.13 Å². The van der Waals surface area contributed by atoms with Gasteiger partial charge in [-0.15, -0.1) is 4.95 Å². The number of imidazole rings is 1. The summed E-state index contributed by atoms with van der Waals surface area (Å²) in [6, 6.07) is 0. The molecule has 0 aliphatic rings. The van der Waals surface area contributed by atoms with Crippen LogP contribution < -0.4 is 16.9 Å². The van der Waals surface area contributed by atoms with Gasteiger partial charge in [-0.1, -0.05) is 18.2 Å². The Hall–Kier alpha value is -3.34. The molecular formula is C15H15N5O3. The number of allylic oxidation sites excluding steroid dienone is 3. The summed E-state index contributed by atoms with van der Waals surface area (Å²) in [5.74, 6) is 0. The molecule has 8 nitrogen and oxygen atoms in total. The molecule has 2 aromatic rings. The predicted molar refractivity (Wildman–Crippen MR) is 89.7 cm³/mol. The van der Waals surface area contributed by atoms with Crippen molar-refractivity contribution < 1.29 is 0 Å². The first-order valence-corrected chi connectivity index (χ1v) is 6.83. The normalized spacial score (nSPS) is 12.1. The lowest BCUT2D eigenvalue weighted by atomic mass is 10.5. The van der Waals surface area contributed by atoms with Crippen molar-refractivity contribution in [2.75, 3.05) is 0 Å². The molecule has 0 saturated carbocycles. The maximum absolute atomic E-state index is 12.5. The molecule has 2 rings (SSSR count). The van der Waals surface area contributed by atoms with Gasteiger partial charge in [0.2, 0.25) is 0 Å². The van der Waals surface area contributed by atoms with Crippen LogP contribution in [0.4, 0.5) is 0 Å². The van der Waals surface area contributed by atoms with E-state index < -0.39 is 16.9 Å². The molecule has 8 heteroatoms. The molecule has 23 heavy (non-hydrogen) atoms. The fraction of sp³-hybridized carbons (Fsp3) is 0.200. The maximum atomic E-state index is 12.5. The summed E-state index contributed by atoms with van der Waals surface area (Å²) in [5, 5.41) is 0. The van der Waals surface area contributed by atoms with Gasteiger partial charge in [-0.25, -0.2) is 14.2 Å². The fourth-order valence-corrected chi connectivity index (χ4v) is 2.28. The molecule has 0 aromatic carbocycles. The molecule has 0 saturated heterocycles. The SMILES string of the molecule is [C-]#[N+]n1c(=O)c2c(n(C=CC)c1=O)n(C=CC)c(=O)n2C=CC. The zero-order chi connectivity index (χ0) is 17.1. The lowest BCUT2D eigenvalue weighted by Crippen LogP contribution is -2.36. The Labute approximate surface area is 130 Å². The lowest BCUT2D eigenvalue weighted by Gasteiger charge is -2.03. The molecule has 0 aliphatic heterocycles. The number of hydrogen-bond donors (Lipinski definition) is 0. The first-order chi connectivity index (χ1) is 11.0. The van der Waals surface area contributed by atoms with Crippen molar-refractivity contribution in [2.45, 2.75) is 20.8 Å². The summed E-state index contributed by atoms with van der Waals surface area (Å²) in [6.45, 7) is 12.2. The second-order valence-corrected chi connectivity index (χ2v) is 4.51. The van der Waals surface area contributed by atoms with Gasteiger partial charge in [0.05, 0.1) is 4.68 Å². The van der Waals surface area contributed by atoms with Crippen LogP contribution in [-0.4, -0.2) is 18.4 Å². The van der Waals surface area contributed by atoms with Crippen LogP contribution in [0.5, 0.6) is 0 Å². The number of aromatic nitrogens is 4. The van der Waals surface area contributed by atoms with Crippen LogP contribution >= 0.6 is 0 Å². The minimum Gasteiger partial charge on any atom is -0.260 e. The highest BCUT2D eigenvalue weighted by atomic mass is 16.2. The van der Waals surface area contributed by atoms with Gasteiger partial charge in [0, 0.05) is 18.6 Å². The number of hydrogen-bond acceptors (Lipinski definition) is 3. The maximum Gasteiger partial charge on any atom is 0.405 e. The molecule has 0 fully saturated rings. The molecule has 2 heterocycles. The van der Waals surface area contributed by atoms with Crippen molar-refractivity contribution in [1.29, 1.82) is 0 Å². The van der Waals surface area contributed by atoms with Gasteiger partial charge >= 0.3 is 16.9 Å². The highest BCUT2D eigenvalue weighted by Crippen LogP contribution is 2.09. The van der Waals surface area contributed by atoms with E-state index in [4.69, 9.17) is 6.57 Å². The van der Waals surface area contributed by atoms with Crippen LogP contribution in [0.2, 0.25) is 0 Å². The van der Waals surface area contributed by atoms with Gasteiger partial charge in [-0.05, 0) is 20.8 Å². The average molecular weight is 313 g/mol. The van der Waals surface area contributed by atoms with Crippen LogP contribution in [0.15, 0.2) is 32.6 Å². The van der Waals surface area contributed by atoms with Crippen molar-refractivity contribution in [3.63, 3.8) is 0 Å². The van der Waals surface area contributed by atoms with Crippen molar-refractivity contribution >= 4 is 29.8 Å². The van der Waals surface area contributed by atoms with Crippen LogP contribution in [0.1, 0.15) is 20.8 Å². The van der Waals surface area contributed by atoms with Crippen LogP contribution in [-0.2, 0) is 0 Å². The highest BCUT2D eigenvalue weighted by molar-refractivity contribution is 5.77. The summed E-state index contributed by atoms with van der Waals surface area (Å²) < 4.78 is 3.84. The van der Waals surface area contributed by atoms with E-state index in [1.54, 1.807) is 39.0 Å². The molecular weight excluding hydrogens is 298 g/mol. The van der Waals surface area contributed by atoms with Crippen LogP contribution in [0.3, 0.4) is 0 Å². The van der Waals surface area contributed by atoms with E-state index in [0.29, 0.717) is 4.68 Å². The number of fused-ring (bicyclic) bond motifs is 1. The second-order valence-electron chi connectivity index (χ2n) is 4.51. The molecule has 0 radical (unpaired) electrons. The first kappa shape index (κ1) is 16.0. The standard InChI is InChI=1S/C15H15N5O3/c1-5-8-17-11-12(18(9-6-2)14(17)22)19(10-7-3)15(23)20(16-4)13(11)21/h5-10H,1-3H3. The molecule has 0 unspecified atom stereocenters. The third-order valence-corrected chi connectivity index (χ3v) is 3.10. The Morgan fingerprint density at radius 3 is 1.78 bits per heavy atom. The van der Waals surface area contributed by atoms with Crippen molar-refractivity contribution in [3.05, 3.63) is 61.1 Å². The van der Waals surface area contributed by atoms with Gasteiger partial charge in [0.1, 0.15) is 0 Å². The third-order valence-electron chi connectivity index (χ3n) is 3.10. The average Bonchev–Trinajstić information content (AvgIpc) is 2.79. The highest BCUT2D eigenvalue weighted by Gasteiger charge is 2.23. The van der Waals surface area contributed by atoms with Crippen molar-refractivity contribution in [2.24, 2.45) is 0 Å². The molecule has 0 spiro atoms. The monoisotopic (exact) mass is 313 g/mol. The minimum absolute atomic E-state index is 0.0418. The van der Waals surface area contributed by atoms with E-state index in [9.17, 15) is 14.4 Å². The zero-order valence-electron chi connectivity index (χ0n) is 12.9. The predicted octanol–water partition coefficient (Wildman–Crippen LogP) is 1.28. The molecule has 2 aromatic heterocycles. The molecule has 0 atom stereocenters. The Kier molecular flexibility index (Phi) is 4.32. The third kappa shape index (κ3) is 2.28. The Morgan fingerprint density at radius 2 is 1.30 bits per heavy atom. The van der Waals surface area contributed by atoms with E-state index in [-0.39, 0.29) is 11.2 Å². The Morgan fingerprint density at radius 1 is 0.826 bits per heavy atom. The van der Waals surface area contributed by atoms with Gasteiger partial charge < -0.3 is 0 Å². The first-order valence-electron chi connectivity index (χ1n) is 6.83. The second kappa shape index (κ2) is 6.19. The largest absolute Gasteiger partial charge is 0.405 e. The summed E-state index contributed by atoms with van der Waals surface area (Å²) in [6.07, 6.45) is 9.08. The Bertz CT molecular complexity index is 1060. The van der Waals surface area contributed by atoms with Gasteiger partial charge in [0.15, 0.2) is 11.2 Å². The summed E-state index contributed by atoms with van der Waals surface area (Å²) in [5.41, 5.74) is -2.10. The van der Waals surface area contributed by atoms with Gasteiger partial charge in [0.25, 0.3) is 0 Å². The molecule has 0 bridgehead atoms. The van der Waals surface area contributed by atoms with E-state index in [2.05, 4.69) is 4.95 Å². The zero-order valence-corrected chi connectivity index (χ0v) is 12.9. The van der Waals surface area contributed by atoms with Crippen molar-refractivity contribution in [3.8, 4) is 0 Å². The number of nitrogens with zero attached hydrogens (tertiary/aromatic N) is 5. The summed E-state index contributed by atoms with van der Waals surface area (Å²) in [7, 11) is 0. The van der Waals surface area contributed by atoms with E-state index in [1.165, 1.54) is 23.2 Å². The van der Waals surface area contributed by atoms with E-state index >= 15 is 0 Å². The smallest absolute Gasteiger partial charge is 0.260 e. The molecule has 0 aliphatic carbocycles. The topological polar surface area (TPSA) is 75.3 Å². The fourth-order valence-electron chi connectivity index (χ4n) is 2.28. The summed E-state index contributed by atoms with van der Waals surface area (Å²) in [4.78, 5) is 40.4. The molecule has 0 N–H and O–H groups in total. The molecule has 0 amide bonds. The lowest BCUT2D eigenvalue weighted by molar-refractivity contribution is 0.838. The van der Waals surface area contributed by atoms with E-state index in [1.807, 2.05) is 0 Å². The molecule has 118 valence electrons. The van der Waals surface area contributed by atoms with Gasteiger partial charge in [-0.3, -0.25) is 13.9 Å². The number of rotatable bonds is 3. The van der Waals surface area contributed by atoms with Crippen LogP contribution in [0, 0.1) is 6.57 Å². The Balaban J connectivity index is 3.34. The quantitative estimate of drug-likeness (QED) is 0.801. The van der Waals surface area contributed by atoms with Gasteiger partial charge in [-0.2, -0.15) is 6.57 Å². The van der Waals surface area contributed by atoms with Crippen molar-refractivity contribution in [1.82, 2.24) is 18.4 Å². The summed E-state index contributed by atoms with van der Waals surface area (Å²) >= 11 is 0. The van der Waals surface area contributed by atoms with Crippen LogP contribution in [0.25, 0.3) is 34.7 Å².